The molecule has 3 nitrogen and oxygen atoms in total. The number of aliphatic carboxylic acids is 1. The molecule has 3 rings (SSSR count). The first-order valence-electron chi connectivity index (χ1n) is 5.89. The van der Waals surface area contributed by atoms with Crippen LogP contribution in [0.25, 0.3) is 0 Å². The third-order valence-corrected chi connectivity index (χ3v) is 3.68. The van der Waals surface area contributed by atoms with E-state index in [2.05, 4.69) is 0 Å². The molecule has 0 radical (unpaired) electrons. The number of carboxylic acid groups (broad SMARTS) is 1. The molecule has 3 heteroatoms. The number of carboxylic acids is 1. The number of Topliss-reactive ketones (excluding diaryl/α,β-unsaturated/α-hetero) is 1. The maximum Gasteiger partial charge on any atom is 0.170 e. The SMILES string of the molecule is O=C1c2ccccc2C(C(=O)[O-])C2C=CC=CC12. The van der Waals surface area contributed by atoms with Crippen molar-refractivity contribution in [2.45, 2.75) is 5.92 Å². The van der Waals surface area contributed by atoms with E-state index in [1.165, 1.54) is 0 Å². The van der Waals surface area contributed by atoms with Crippen molar-refractivity contribution in [3.05, 3.63) is 59.7 Å². The number of hydrogen-bond donors (Lipinski definition) is 0. The molecule has 0 heterocycles. The van der Waals surface area contributed by atoms with Crippen LogP contribution in [0.4, 0.5) is 0 Å². The fourth-order valence-electron chi connectivity index (χ4n) is 2.87. The number of fused-ring (bicyclic) bond motifs is 2. The molecular formula is C15H11O3-. The lowest BCUT2D eigenvalue weighted by Crippen LogP contribution is -2.42. The van der Waals surface area contributed by atoms with E-state index in [-0.39, 0.29) is 17.6 Å². The van der Waals surface area contributed by atoms with Crippen LogP contribution in [0.3, 0.4) is 0 Å². The van der Waals surface area contributed by atoms with Gasteiger partial charge in [-0.05, 0) is 5.56 Å². The quantitative estimate of drug-likeness (QED) is 0.736. The molecule has 1 aromatic rings. The molecule has 0 amide bonds. The Morgan fingerprint density at radius 1 is 1.11 bits per heavy atom. The number of hydrogen-bond acceptors (Lipinski definition) is 3. The van der Waals surface area contributed by atoms with Gasteiger partial charge in [0, 0.05) is 29.3 Å². The van der Waals surface area contributed by atoms with Crippen LogP contribution in [0.2, 0.25) is 0 Å². The third-order valence-electron chi connectivity index (χ3n) is 3.68. The van der Waals surface area contributed by atoms with Crippen LogP contribution in [-0.4, -0.2) is 11.8 Å². The lowest BCUT2D eigenvalue weighted by molar-refractivity contribution is -0.309. The third kappa shape index (κ3) is 1.44. The lowest BCUT2D eigenvalue weighted by Gasteiger charge is -2.37. The minimum absolute atomic E-state index is 0.00583. The second kappa shape index (κ2) is 3.95. The number of carbonyl (C=O) groups excluding carboxylic acids is 2. The molecule has 3 unspecified atom stereocenters. The van der Waals surface area contributed by atoms with Gasteiger partial charge < -0.3 is 9.90 Å². The van der Waals surface area contributed by atoms with E-state index in [4.69, 9.17) is 0 Å². The number of ketones is 1. The van der Waals surface area contributed by atoms with Gasteiger partial charge in [0.2, 0.25) is 0 Å². The van der Waals surface area contributed by atoms with Crippen molar-refractivity contribution < 1.29 is 14.7 Å². The Morgan fingerprint density at radius 3 is 2.61 bits per heavy atom. The second-order valence-electron chi connectivity index (χ2n) is 4.62. The topological polar surface area (TPSA) is 57.2 Å². The Morgan fingerprint density at radius 2 is 1.83 bits per heavy atom. The Labute approximate surface area is 104 Å². The Bertz CT molecular complexity index is 583. The summed E-state index contributed by atoms with van der Waals surface area (Å²) in [7, 11) is 0. The van der Waals surface area contributed by atoms with E-state index in [0.29, 0.717) is 11.1 Å². The van der Waals surface area contributed by atoms with Crippen LogP contribution >= 0.6 is 0 Å². The highest BCUT2D eigenvalue weighted by atomic mass is 16.4. The summed E-state index contributed by atoms with van der Waals surface area (Å²) in [6, 6.07) is 6.91. The first-order chi connectivity index (χ1) is 8.70. The van der Waals surface area contributed by atoms with Crippen molar-refractivity contribution in [3.8, 4) is 0 Å². The van der Waals surface area contributed by atoms with Gasteiger partial charge in [0.15, 0.2) is 5.78 Å². The van der Waals surface area contributed by atoms with Gasteiger partial charge in [0.25, 0.3) is 0 Å². The van der Waals surface area contributed by atoms with Crippen molar-refractivity contribution in [2.24, 2.45) is 11.8 Å². The zero-order chi connectivity index (χ0) is 12.7. The van der Waals surface area contributed by atoms with Gasteiger partial charge in [-0.3, -0.25) is 4.79 Å². The summed E-state index contributed by atoms with van der Waals surface area (Å²) in [4.78, 5) is 23.7. The molecule has 3 atom stereocenters. The summed E-state index contributed by atoms with van der Waals surface area (Å²) in [5.41, 5.74) is 1.08. The number of rotatable bonds is 1. The molecule has 0 spiro atoms. The van der Waals surface area contributed by atoms with E-state index in [0.717, 1.165) is 0 Å². The molecule has 1 aromatic carbocycles. The molecule has 0 aliphatic heterocycles. The first kappa shape index (κ1) is 11.0. The van der Waals surface area contributed by atoms with Crippen LogP contribution in [0.1, 0.15) is 21.8 Å². The first-order valence-corrected chi connectivity index (χ1v) is 5.89. The summed E-state index contributed by atoms with van der Waals surface area (Å²) in [5, 5.41) is 11.4. The van der Waals surface area contributed by atoms with Crippen LogP contribution in [-0.2, 0) is 4.79 Å². The molecule has 0 aromatic heterocycles. The fraction of sp³-hybridized carbons (Fsp3) is 0.200. The van der Waals surface area contributed by atoms with E-state index in [1.807, 2.05) is 0 Å². The van der Waals surface area contributed by atoms with Gasteiger partial charge >= 0.3 is 0 Å². The highest BCUT2D eigenvalue weighted by Gasteiger charge is 2.40. The van der Waals surface area contributed by atoms with E-state index in [9.17, 15) is 14.7 Å². The Balaban J connectivity index is 2.21. The second-order valence-corrected chi connectivity index (χ2v) is 4.62. The molecular weight excluding hydrogens is 228 g/mol. The van der Waals surface area contributed by atoms with Crippen molar-refractivity contribution in [1.82, 2.24) is 0 Å². The summed E-state index contributed by atoms with van der Waals surface area (Å²) >= 11 is 0. The smallest absolute Gasteiger partial charge is 0.170 e. The number of carbonyl (C=O) groups is 2. The fourth-order valence-corrected chi connectivity index (χ4v) is 2.87. The van der Waals surface area contributed by atoms with Gasteiger partial charge in [-0.1, -0.05) is 48.6 Å². The van der Waals surface area contributed by atoms with Crippen molar-refractivity contribution in [2.75, 3.05) is 0 Å². The number of benzene rings is 1. The van der Waals surface area contributed by atoms with Crippen molar-refractivity contribution in [1.29, 1.82) is 0 Å². The minimum atomic E-state index is -1.12. The zero-order valence-corrected chi connectivity index (χ0v) is 9.58. The average molecular weight is 239 g/mol. The van der Waals surface area contributed by atoms with Crippen LogP contribution in [0.15, 0.2) is 48.6 Å². The summed E-state index contributed by atoms with van der Waals surface area (Å²) in [5.74, 6) is -2.58. The summed E-state index contributed by atoms with van der Waals surface area (Å²) in [6.45, 7) is 0. The molecule has 2 aliphatic carbocycles. The maximum atomic E-state index is 12.3. The number of allylic oxidation sites excluding steroid dienone is 4. The Hall–Kier alpha value is -2.16. The van der Waals surface area contributed by atoms with E-state index in [1.54, 1.807) is 48.6 Å². The molecule has 18 heavy (non-hydrogen) atoms. The normalized spacial score (nSPS) is 28.7. The van der Waals surface area contributed by atoms with Crippen LogP contribution in [0, 0.1) is 11.8 Å². The van der Waals surface area contributed by atoms with E-state index >= 15 is 0 Å². The lowest BCUT2D eigenvalue weighted by atomic mass is 9.67. The minimum Gasteiger partial charge on any atom is -0.549 e. The van der Waals surface area contributed by atoms with Crippen LogP contribution in [0.5, 0.6) is 0 Å². The standard InChI is InChI=1S/C15H12O3/c16-14-11-7-3-1-5-9(11)13(15(17)18)10-6-2-4-8-12(10)14/h1-9,11,13H,(H,17,18)/p-1. The monoisotopic (exact) mass is 239 g/mol. The molecule has 0 bridgehead atoms. The predicted octanol–water partition coefficient (Wildman–Crippen LogP) is 1.07. The highest BCUT2D eigenvalue weighted by molar-refractivity contribution is 6.04. The van der Waals surface area contributed by atoms with Gasteiger partial charge in [-0.15, -0.1) is 0 Å². The van der Waals surface area contributed by atoms with E-state index < -0.39 is 11.9 Å². The Kier molecular flexibility index (Phi) is 2.40. The average Bonchev–Trinajstić information content (AvgIpc) is 2.39. The molecule has 0 fully saturated rings. The largest absolute Gasteiger partial charge is 0.549 e. The molecule has 0 N–H and O–H groups in total. The van der Waals surface area contributed by atoms with Gasteiger partial charge in [-0.25, -0.2) is 0 Å². The van der Waals surface area contributed by atoms with Gasteiger partial charge in [0.1, 0.15) is 0 Å². The van der Waals surface area contributed by atoms with Crippen molar-refractivity contribution in [3.63, 3.8) is 0 Å². The maximum absolute atomic E-state index is 12.3. The predicted molar refractivity (Wildman–Crippen MR) is 63.8 cm³/mol. The van der Waals surface area contributed by atoms with Gasteiger partial charge in [0.05, 0.1) is 0 Å². The summed E-state index contributed by atoms with van der Waals surface area (Å²) < 4.78 is 0. The van der Waals surface area contributed by atoms with Crippen LogP contribution < -0.4 is 5.11 Å². The molecule has 2 aliphatic rings. The zero-order valence-electron chi connectivity index (χ0n) is 9.58. The molecule has 90 valence electrons. The van der Waals surface area contributed by atoms with Gasteiger partial charge in [-0.2, -0.15) is 0 Å². The highest BCUT2D eigenvalue weighted by Crippen LogP contribution is 2.42. The summed E-state index contributed by atoms with van der Waals surface area (Å²) in [6.07, 6.45) is 7.15. The molecule has 0 saturated carbocycles. The molecule has 0 saturated heterocycles. The van der Waals surface area contributed by atoms with Crippen molar-refractivity contribution >= 4 is 11.8 Å².